The van der Waals surface area contributed by atoms with Crippen molar-refractivity contribution >= 4 is 28.9 Å². The molecule has 0 bridgehead atoms. The van der Waals surface area contributed by atoms with Gasteiger partial charge in [-0.15, -0.1) is 5.10 Å². The molecule has 1 aromatic heterocycles. The number of hydrogen-bond acceptors (Lipinski definition) is 7. The number of aliphatic imine (C=N–C) groups is 1. The number of halogens is 1. The normalized spacial score (nSPS) is 19.1. The van der Waals surface area contributed by atoms with E-state index in [4.69, 9.17) is 0 Å². The summed E-state index contributed by atoms with van der Waals surface area (Å²) in [6, 6.07) is 16.1. The summed E-state index contributed by atoms with van der Waals surface area (Å²) in [5, 5.41) is 13.3. The van der Waals surface area contributed by atoms with Crippen LogP contribution in [0.2, 0.25) is 0 Å². The molecular formula is C26H28FN7OS. The van der Waals surface area contributed by atoms with E-state index in [1.165, 1.54) is 23.9 Å². The first-order chi connectivity index (χ1) is 17.3. The molecule has 0 spiro atoms. The highest BCUT2D eigenvalue weighted by Crippen LogP contribution is 2.33. The van der Waals surface area contributed by atoms with Gasteiger partial charge in [0.2, 0.25) is 0 Å². The second-order valence-electron chi connectivity index (χ2n) is 9.82. The third-order valence-electron chi connectivity index (χ3n) is 6.22. The van der Waals surface area contributed by atoms with Gasteiger partial charge in [-0.3, -0.25) is 9.69 Å². The molecular weight excluding hydrogens is 477 g/mol. The fourth-order valence-corrected chi connectivity index (χ4v) is 5.38. The van der Waals surface area contributed by atoms with Crippen LogP contribution in [0.3, 0.4) is 0 Å². The van der Waals surface area contributed by atoms with E-state index in [0.717, 1.165) is 22.1 Å². The van der Waals surface area contributed by atoms with E-state index in [0.29, 0.717) is 31.1 Å². The Balaban J connectivity index is 1.34. The van der Waals surface area contributed by atoms with Crippen LogP contribution in [-0.2, 0) is 10.3 Å². The van der Waals surface area contributed by atoms with Crippen molar-refractivity contribution in [2.45, 2.75) is 32.4 Å². The lowest BCUT2D eigenvalue weighted by Gasteiger charge is -2.39. The van der Waals surface area contributed by atoms with Crippen LogP contribution in [0.25, 0.3) is 6.08 Å². The zero-order chi connectivity index (χ0) is 25.3. The molecule has 0 saturated carbocycles. The molecule has 1 amide bonds. The number of tetrazole rings is 1. The minimum Gasteiger partial charge on any atom is -0.348 e. The molecule has 1 fully saturated rings. The van der Waals surface area contributed by atoms with Crippen molar-refractivity contribution in [3.8, 4) is 0 Å². The van der Waals surface area contributed by atoms with Crippen molar-refractivity contribution in [3.05, 3.63) is 82.3 Å². The van der Waals surface area contributed by atoms with E-state index in [2.05, 4.69) is 51.1 Å². The molecule has 1 atom stereocenters. The van der Waals surface area contributed by atoms with Crippen LogP contribution < -0.4 is 0 Å². The van der Waals surface area contributed by atoms with Crippen LogP contribution in [0.1, 0.15) is 43.8 Å². The molecule has 8 nitrogen and oxygen atoms in total. The summed E-state index contributed by atoms with van der Waals surface area (Å²) in [7, 11) is 0. The van der Waals surface area contributed by atoms with Gasteiger partial charge in [0.1, 0.15) is 5.82 Å². The molecule has 5 rings (SSSR count). The Morgan fingerprint density at radius 1 is 1.00 bits per heavy atom. The molecule has 1 unspecified atom stereocenters. The summed E-state index contributed by atoms with van der Waals surface area (Å²) in [6.45, 7) is 8.99. The SMILES string of the molecule is CC(C)(C)n1nnnc1C(c1ccc(F)cc1)N1CCN(C2=NC(=O)/C(=C/c3ccccc3)S2)CC1. The second kappa shape index (κ2) is 9.94. The Morgan fingerprint density at radius 3 is 2.36 bits per heavy atom. The number of carbonyl (C=O) groups is 1. The Bertz CT molecular complexity index is 1290. The number of rotatable bonds is 4. The second-order valence-corrected chi connectivity index (χ2v) is 10.8. The average molecular weight is 506 g/mol. The molecule has 0 N–H and O–H groups in total. The number of carbonyl (C=O) groups excluding carboxylic acids is 1. The third-order valence-corrected chi connectivity index (χ3v) is 7.26. The summed E-state index contributed by atoms with van der Waals surface area (Å²) in [4.78, 5) is 21.9. The minimum atomic E-state index is -0.310. The predicted molar refractivity (Wildman–Crippen MR) is 139 cm³/mol. The number of nitrogens with zero attached hydrogens (tertiary/aromatic N) is 7. The predicted octanol–water partition coefficient (Wildman–Crippen LogP) is 3.94. The van der Waals surface area contributed by atoms with Gasteiger partial charge in [0.05, 0.1) is 16.5 Å². The highest BCUT2D eigenvalue weighted by Gasteiger charge is 2.35. The lowest BCUT2D eigenvalue weighted by Crippen LogP contribution is -2.49. The fraction of sp³-hybridized carbons (Fsp3) is 0.346. The maximum absolute atomic E-state index is 13.7. The van der Waals surface area contributed by atoms with Gasteiger partial charge in [0.15, 0.2) is 11.0 Å². The molecule has 0 aliphatic carbocycles. The first-order valence-corrected chi connectivity index (χ1v) is 12.7. The van der Waals surface area contributed by atoms with Gasteiger partial charge in [0, 0.05) is 26.2 Å². The van der Waals surface area contributed by atoms with Gasteiger partial charge < -0.3 is 4.90 Å². The number of piperazine rings is 1. The standard InChI is InChI=1S/C26H28FN7OS/c1-26(2,3)34-23(29-30-31-34)22(19-9-11-20(27)12-10-19)32-13-15-33(16-14-32)25-28-24(35)21(36-25)17-18-7-5-4-6-8-18/h4-12,17,22H,13-16H2,1-3H3/b21-17-. The van der Waals surface area contributed by atoms with Crippen molar-refractivity contribution in [2.75, 3.05) is 26.2 Å². The van der Waals surface area contributed by atoms with Crippen LogP contribution in [-0.4, -0.2) is 67.3 Å². The van der Waals surface area contributed by atoms with Crippen molar-refractivity contribution < 1.29 is 9.18 Å². The van der Waals surface area contributed by atoms with E-state index in [9.17, 15) is 9.18 Å². The molecule has 1 saturated heterocycles. The molecule has 2 aromatic carbocycles. The van der Waals surface area contributed by atoms with Crippen molar-refractivity contribution in [1.82, 2.24) is 30.0 Å². The van der Waals surface area contributed by atoms with E-state index < -0.39 is 0 Å². The van der Waals surface area contributed by atoms with Gasteiger partial charge in [-0.2, -0.15) is 4.99 Å². The zero-order valence-electron chi connectivity index (χ0n) is 20.5. The van der Waals surface area contributed by atoms with Gasteiger partial charge in [-0.05, 0) is 72.3 Å². The van der Waals surface area contributed by atoms with Crippen LogP contribution in [0.15, 0.2) is 64.5 Å². The summed E-state index contributed by atoms with van der Waals surface area (Å²) in [5.74, 6) is 0.242. The maximum atomic E-state index is 13.7. The third kappa shape index (κ3) is 5.10. The lowest BCUT2D eigenvalue weighted by atomic mass is 10.0. The minimum absolute atomic E-state index is 0.199. The first-order valence-electron chi connectivity index (χ1n) is 11.9. The number of thioether (sulfide) groups is 1. The average Bonchev–Trinajstić information content (AvgIpc) is 3.49. The molecule has 2 aliphatic heterocycles. The van der Waals surface area contributed by atoms with Gasteiger partial charge in [0.25, 0.3) is 5.91 Å². The molecule has 10 heteroatoms. The van der Waals surface area contributed by atoms with E-state index in [-0.39, 0.29) is 23.3 Å². The van der Waals surface area contributed by atoms with Crippen LogP contribution in [0.5, 0.6) is 0 Å². The fourth-order valence-electron chi connectivity index (χ4n) is 4.42. The first kappa shape index (κ1) is 24.3. The summed E-state index contributed by atoms with van der Waals surface area (Å²) in [6.07, 6.45) is 1.89. The molecule has 3 aromatic rings. The van der Waals surface area contributed by atoms with Crippen LogP contribution in [0, 0.1) is 5.82 Å². The molecule has 186 valence electrons. The van der Waals surface area contributed by atoms with E-state index >= 15 is 0 Å². The van der Waals surface area contributed by atoms with E-state index in [1.54, 1.807) is 12.1 Å². The Kier molecular flexibility index (Phi) is 6.72. The highest BCUT2D eigenvalue weighted by atomic mass is 32.2. The monoisotopic (exact) mass is 505 g/mol. The van der Waals surface area contributed by atoms with E-state index in [1.807, 2.05) is 41.1 Å². The number of hydrogen-bond donors (Lipinski definition) is 0. The quantitative estimate of drug-likeness (QED) is 0.497. The lowest BCUT2D eigenvalue weighted by molar-refractivity contribution is -0.113. The topological polar surface area (TPSA) is 79.5 Å². The van der Waals surface area contributed by atoms with Crippen molar-refractivity contribution in [3.63, 3.8) is 0 Å². The molecule has 2 aliphatic rings. The summed E-state index contributed by atoms with van der Waals surface area (Å²) < 4.78 is 15.6. The molecule has 36 heavy (non-hydrogen) atoms. The smallest absolute Gasteiger partial charge is 0.286 e. The van der Waals surface area contributed by atoms with Crippen LogP contribution >= 0.6 is 11.8 Å². The Morgan fingerprint density at radius 2 is 1.69 bits per heavy atom. The highest BCUT2D eigenvalue weighted by molar-refractivity contribution is 8.18. The van der Waals surface area contributed by atoms with Crippen LogP contribution in [0.4, 0.5) is 4.39 Å². The van der Waals surface area contributed by atoms with Crippen molar-refractivity contribution in [2.24, 2.45) is 4.99 Å². The zero-order valence-corrected chi connectivity index (χ0v) is 21.3. The number of aromatic nitrogens is 4. The Labute approximate surface area is 213 Å². The molecule has 0 radical (unpaired) electrons. The Hall–Kier alpha value is -3.37. The van der Waals surface area contributed by atoms with Gasteiger partial charge in [-0.1, -0.05) is 42.5 Å². The summed E-state index contributed by atoms with van der Waals surface area (Å²) in [5.41, 5.74) is 1.60. The summed E-state index contributed by atoms with van der Waals surface area (Å²) >= 11 is 1.42. The number of benzene rings is 2. The molecule has 3 heterocycles. The van der Waals surface area contributed by atoms with Crippen molar-refractivity contribution in [1.29, 1.82) is 0 Å². The largest absolute Gasteiger partial charge is 0.348 e. The number of amidine groups is 1. The maximum Gasteiger partial charge on any atom is 0.286 e. The van der Waals surface area contributed by atoms with Gasteiger partial charge in [-0.25, -0.2) is 9.07 Å². The van der Waals surface area contributed by atoms with Gasteiger partial charge >= 0.3 is 0 Å². The number of amides is 1.